The highest BCUT2D eigenvalue weighted by atomic mass is 16.3. The van der Waals surface area contributed by atoms with Gasteiger partial charge in [-0.15, -0.1) is 0 Å². The van der Waals surface area contributed by atoms with Crippen molar-refractivity contribution < 1.29 is 10.2 Å². The van der Waals surface area contributed by atoms with Crippen LogP contribution in [0.15, 0.2) is 121 Å². The first-order chi connectivity index (χ1) is 15.6. The third kappa shape index (κ3) is 4.51. The fraction of sp³-hybridized carbons (Fsp3) is 0.172. The van der Waals surface area contributed by atoms with Gasteiger partial charge in [0, 0.05) is 6.54 Å². The van der Waals surface area contributed by atoms with Gasteiger partial charge in [-0.25, -0.2) is 0 Å². The van der Waals surface area contributed by atoms with Gasteiger partial charge in [-0.2, -0.15) is 0 Å². The monoisotopic (exact) mass is 423 g/mol. The smallest absolute Gasteiger partial charge is 0.142 e. The van der Waals surface area contributed by atoms with E-state index in [1.54, 1.807) is 0 Å². The molecule has 0 aromatic heterocycles. The van der Waals surface area contributed by atoms with Gasteiger partial charge in [-0.3, -0.25) is 4.90 Å². The molecule has 4 aromatic rings. The SMILES string of the molecule is CN(Cc1ccccc1)[C@H](c1ccccc1)[C@H](O)C(O)(c1ccccc1)c1ccccc1. The van der Waals surface area contributed by atoms with Crippen LogP contribution in [0, 0.1) is 0 Å². The number of aliphatic hydroxyl groups is 2. The van der Waals surface area contributed by atoms with Crippen molar-refractivity contribution in [3.05, 3.63) is 144 Å². The Kier molecular flexibility index (Phi) is 6.81. The molecule has 0 heterocycles. The summed E-state index contributed by atoms with van der Waals surface area (Å²) in [5, 5.41) is 24.1. The maximum Gasteiger partial charge on any atom is 0.142 e. The van der Waals surface area contributed by atoms with Gasteiger partial charge in [0.15, 0.2) is 0 Å². The van der Waals surface area contributed by atoms with Gasteiger partial charge in [-0.1, -0.05) is 121 Å². The summed E-state index contributed by atoms with van der Waals surface area (Å²) < 4.78 is 0. The summed E-state index contributed by atoms with van der Waals surface area (Å²) in [6, 6.07) is 38.5. The van der Waals surface area contributed by atoms with Crippen LogP contribution in [0.25, 0.3) is 0 Å². The molecule has 0 aliphatic carbocycles. The summed E-state index contributed by atoms with van der Waals surface area (Å²) in [4.78, 5) is 2.10. The highest BCUT2D eigenvalue weighted by molar-refractivity contribution is 5.39. The van der Waals surface area contributed by atoms with E-state index in [0.717, 1.165) is 11.1 Å². The van der Waals surface area contributed by atoms with E-state index in [1.165, 1.54) is 0 Å². The first kappa shape index (κ1) is 22.0. The van der Waals surface area contributed by atoms with Crippen LogP contribution in [-0.2, 0) is 12.1 Å². The lowest BCUT2D eigenvalue weighted by atomic mass is 9.77. The van der Waals surface area contributed by atoms with E-state index in [4.69, 9.17) is 0 Å². The summed E-state index contributed by atoms with van der Waals surface area (Å²) in [7, 11) is 1.99. The maximum absolute atomic E-state index is 12.2. The zero-order valence-corrected chi connectivity index (χ0v) is 18.3. The average molecular weight is 424 g/mol. The molecule has 0 aliphatic heterocycles. The van der Waals surface area contributed by atoms with Crippen molar-refractivity contribution in [1.29, 1.82) is 0 Å². The Balaban J connectivity index is 1.81. The molecule has 3 nitrogen and oxygen atoms in total. The second kappa shape index (κ2) is 9.92. The Morgan fingerprint density at radius 1 is 0.656 bits per heavy atom. The average Bonchev–Trinajstić information content (AvgIpc) is 2.86. The largest absolute Gasteiger partial charge is 0.387 e. The molecule has 0 amide bonds. The van der Waals surface area contributed by atoms with Gasteiger partial charge < -0.3 is 10.2 Å². The quantitative estimate of drug-likeness (QED) is 0.412. The van der Waals surface area contributed by atoms with E-state index in [1.807, 2.05) is 116 Å². The van der Waals surface area contributed by atoms with Gasteiger partial charge in [0.25, 0.3) is 0 Å². The Morgan fingerprint density at radius 3 is 1.53 bits per heavy atom. The number of rotatable bonds is 8. The van der Waals surface area contributed by atoms with Gasteiger partial charge in [0.1, 0.15) is 11.7 Å². The molecule has 0 unspecified atom stereocenters. The van der Waals surface area contributed by atoms with E-state index < -0.39 is 17.7 Å². The van der Waals surface area contributed by atoms with Crippen LogP contribution in [-0.4, -0.2) is 28.3 Å². The van der Waals surface area contributed by atoms with Crippen LogP contribution in [0.3, 0.4) is 0 Å². The second-order valence-corrected chi connectivity index (χ2v) is 8.20. The zero-order valence-electron chi connectivity index (χ0n) is 18.3. The molecule has 0 saturated heterocycles. The molecule has 0 aliphatic rings. The highest BCUT2D eigenvalue weighted by Gasteiger charge is 2.45. The Morgan fingerprint density at radius 2 is 1.06 bits per heavy atom. The van der Waals surface area contributed by atoms with Crippen LogP contribution >= 0.6 is 0 Å². The molecule has 0 fully saturated rings. The maximum atomic E-state index is 12.2. The zero-order chi connectivity index (χ0) is 22.4. The third-order valence-electron chi connectivity index (χ3n) is 6.05. The Labute approximate surface area is 190 Å². The predicted molar refractivity (Wildman–Crippen MR) is 129 cm³/mol. The molecule has 2 atom stereocenters. The first-order valence-corrected chi connectivity index (χ1v) is 10.9. The van der Waals surface area contributed by atoms with Crippen molar-refractivity contribution in [3.8, 4) is 0 Å². The van der Waals surface area contributed by atoms with Gasteiger partial charge in [0.2, 0.25) is 0 Å². The summed E-state index contributed by atoms with van der Waals surface area (Å²) in [6.45, 7) is 0.636. The molecule has 0 bridgehead atoms. The van der Waals surface area contributed by atoms with Crippen LogP contribution in [0.4, 0.5) is 0 Å². The minimum atomic E-state index is -1.59. The molecule has 32 heavy (non-hydrogen) atoms. The first-order valence-electron chi connectivity index (χ1n) is 10.9. The van der Waals surface area contributed by atoms with Crippen molar-refractivity contribution >= 4 is 0 Å². The van der Waals surface area contributed by atoms with Gasteiger partial charge in [0.05, 0.1) is 6.04 Å². The summed E-state index contributed by atoms with van der Waals surface area (Å²) in [5.74, 6) is 0. The molecular weight excluding hydrogens is 394 g/mol. The van der Waals surface area contributed by atoms with E-state index >= 15 is 0 Å². The normalized spacial score (nSPS) is 13.6. The Bertz CT molecular complexity index is 1050. The number of likely N-dealkylation sites (N-methyl/N-ethyl adjacent to an activating group) is 1. The molecule has 4 rings (SSSR count). The predicted octanol–water partition coefficient (Wildman–Crippen LogP) is 5.16. The number of nitrogens with zero attached hydrogens (tertiary/aromatic N) is 1. The fourth-order valence-corrected chi connectivity index (χ4v) is 4.42. The number of aliphatic hydroxyl groups excluding tert-OH is 1. The minimum Gasteiger partial charge on any atom is -0.387 e. The molecule has 2 N–H and O–H groups in total. The second-order valence-electron chi connectivity index (χ2n) is 8.20. The topological polar surface area (TPSA) is 43.7 Å². The molecular formula is C29H29NO2. The summed E-state index contributed by atoms with van der Waals surface area (Å²) in [6.07, 6.45) is -1.12. The standard InChI is InChI=1S/C29H29NO2/c1-30(22-23-14-6-2-7-15-23)27(24-16-8-3-9-17-24)28(31)29(32,25-18-10-4-11-19-25)26-20-12-5-13-21-26/h2-21,27-28,31-32H,22H2,1H3/t27-,28+/m1/s1. The number of hydrogen-bond acceptors (Lipinski definition) is 3. The summed E-state index contributed by atoms with van der Waals surface area (Å²) >= 11 is 0. The molecule has 0 radical (unpaired) electrons. The van der Waals surface area contributed by atoms with Crippen molar-refractivity contribution in [3.63, 3.8) is 0 Å². The number of hydrogen-bond donors (Lipinski definition) is 2. The Hall–Kier alpha value is -3.24. The lowest BCUT2D eigenvalue weighted by molar-refractivity contribution is -0.0907. The molecule has 162 valence electrons. The van der Waals surface area contributed by atoms with Crippen molar-refractivity contribution in [2.24, 2.45) is 0 Å². The fourth-order valence-electron chi connectivity index (χ4n) is 4.42. The van der Waals surface area contributed by atoms with Crippen LogP contribution in [0.5, 0.6) is 0 Å². The van der Waals surface area contributed by atoms with E-state index in [0.29, 0.717) is 17.7 Å². The van der Waals surface area contributed by atoms with Crippen LogP contribution in [0.1, 0.15) is 28.3 Å². The van der Waals surface area contributed by atoms with E-state index in [2.05, 4.69) is 17.0 Å². The van der Waals surface area contributed by atoms with Crippen LogP contribution in [0.2, 0.25) is 0 Å². The van der Waals surface area contributed by atoms with Crippen molar-refractivity contribution in [2.45, 2.75) is 24.3 Å². The highest BCUT2D eigenvalue weighted by Crippen LogP contribution is 2.40. The molecule has 4 aromatic carbocycles. The van der Waals surface area contributed by atoms with Gasteiger partial charge >= 0.3 is 0 Å². The third-order valence-corrected chi connectivity index (χ3v) is 6.05. The molecule has 0 spiro atoms. The molecule has 0 saturated carbocycles. The minimum absolute atomic E-state index is 0.443. The van der Waals surface area contributed by atoms with Crippen molar-refractivity contribution in [2.75, 3.05) is 7.05 Å². The number of benzene rings is 4. The van der Waals surface area contributed by atoms with E-state index in [-0.39, 0.29) is 0 Å². The summed E-state index contributed by atoms with van der Waals surface area (Å²) in [5.41, 5.74) is 1.82. The lowest BCUT2D eigenvalue weighted by Gasteiger charge is -2.42. The lowest BCUT2D eigenvalue weighted by Crippen LogP contribution is -2.48. The van der Waals surface area contributed by atoms with Crippen LogP contribution < -0.4 is 0 Å². The van der Waals surface area contributed by atoms with Crippen molar-refractivity contribution in [1.82, 2.24) is 4.90 Å². The molecule has 3 heteroatoms. The van der Waals surface area contributed by atoms with Gasteiger partial charge in [-0.05, 0) is 29.3 Å². The van der Waals surface area contributed by atoms with E-state index in [9.17, 15) is 10.2 Å².